The van der Waals surface area contributed by atoms with Crippen LogP contribution in [-0.2, 0) is 0 Å². The number of hydrogen-bond donors (Lipinski definition) is 5. The molecule has 5 heteroatoms. The van der Waals surface area contributed by atoms with Gasteiger partial charge in [-0.25, -0.2) is 0 Å². The molecule has 5 aliphatic carbocycles. The largest absolute Gasteiger partial charge is 0.393 e. The fraction of sp³-hybridized carbons (Fsp3) is 1.00. The SMILES string of the molecule is C[C@H](CC[C@@H](O)C(C)(C)O)[C@H]1CC[C@@]2(C)[C@@H]3[C@@H](O)C[C@H]4C(C)(C)[C@@H](O)C[C@H](O)[C@@]45C[C@@]35CC[C@]12C. The van der Waals surface area contributed by atoms with E-state index in [1.807, 2.05) is 0 Å². The Bertz CT molecular complexity index is 850. The van der Waals surface area contributed by atoms with Gasteiger partial charge in [0.1, 0.15) is 0 Å². The number of aliphatic hydroxyl groups excluding tert-OH is 4. The zero-order valence-electron chi connectivity index (χ0n) is 23.2. The van der Waals surface area contributed by atoms with Gasteiger partial charge in [-0.15, -0.1) is 0 Å². The summed E-state index contributed by atoms with van der Waals surface area (Å²) in [4.78, 5) is 0. The van der Waals surface area contributed by atoms with E-state index in [0.29, 0.717) is 31.1 Å². The summed E-state index contributed by atoms with van der Waals surface area (Å²) in [5.74, 6) is 1.34. The smallest absolute Gasteiger partial charge is 0.0849 e. The summed E-state index contributed by atoms with van der Waals surface area (Å²) in [6, 6.07) is 0. The summed E-state index contributed by atoms with van der Waals surface area (Å²) in [6.45, 7) is 14.9. The molecule has 0 saturated heterocycles. The molecule has 5 N–H and O–H groups in total. The lowest BCUT2D eigenvalue weighted by molar-refractivity contribution is -0.225. The van der Waals surface area contributed by atoms with Crippen LogP contribution in [0.3, 0.4) is 0 Å². The van der Waals surface area contributed by atoms with Crippen LogP contribution >= 0.6 is 0 Å². The molecule has 0 aliphatic heterocycles. The minimum Gasteiger partial charge on any atom is -0.393 e. The monoisotopic (exact) mass is 492 g/mol. The van der Waals surface area contributed by atoms with Gasteiger partial charge in [0.15, 0.2) is 0 Å². The second-order valence-electron chi connectivity index (χ2n) is 15.5. The Hall–Kier alpha value is -0.200. The van der Waals surface area contributed by atoms with E-state index in [4.69, 9.17) is 0 Å². The standard InChI is InChI=1S/C30H52O5/c1-17(8-9-21(32)26(4,5)35)18-10-11-28(7)24-19(31)14-20-25(2,3)22(33)15-23(34)30(20)16-29(24,30)13-12-27(18,28)6/h17-24,31-35H,8-16H2,1-7H3/t17-,18-,19+,20+,21-,22+,23+,24+,27-,28+,29+,30-/m1/s1. The third kappa shape index (κ3) is 3.17. The van der Waals surface area contributed by atoms with Crippen molar-refractivity contribution in [2.45, 2.75) is 136 Å². The van der Waals surface area contributed by atoms with Crippen molar-refractivity contribution in [1.82, 2.24) is 0 Å². The first kappa shape index (κ1) is 26.4. The summed E-state index contributed by atoms with van der Waals surface area (Å²) in [5.41, 5.74) is -1.37. The Morgan fingerprint density at radius 1 is 0.886 bits per heavy atom. The van der Waals surface area contributed by atoms with Crippen LogP contribution in [0, 0.1) is 50.7 Å². The number of aliphatic hydroxyl groups is 5. The predicted octanol–water partition coefficient (Wildman–Crippen LogP) is 4.28. The molecule has 5 nitrogen and oxygen atoms in total. The van der Waals surface area contributed by atoms with Crippen LogP contribution in [0.1, 0.15) is 106 Å². The summed E-state index contributed by atoms with van der Waals surface area (Å²) >= 11 is 0. The van der Waals surface area contributed by atoms with Crippen LogP contribution in [0.4, 0.5) is 0 Å². The predicted molar refractivity (Wildman–Crippen MR) is 136 cm³/mol. The van der Waals surface area contributed by atoms with Gasteiger partial charge in [-0.1, -0.05) is 34.6 Å². The van der Waals surface area contributed by atoms with Gasteiger partial charge in [0.25, 0.3) is 0 Å². The van der Waals surface area contributed by atoms with Crippen molar-refractivity contribution in [3.05, 3.63) is 0 Å². The molecule has 0 amide bonds. The molecule has 0 aromatic rings. The molecule has 0 unspecified atom stereocenters. The van der Waals surface area contributed by atoms with Gasteiger partial charge in [-0.05, 0) is 111 Å². The molecule has 5 aliphatic rings. The van der Waals surface area contributed by atoms with E-state index in [-0.39, 0.29) is 45.0 Å². The zero-order chi connectivity index (χ0) is 26.0. The van der Waals surface area contributed by atoms with E-state index in [9.17, 15) is 25.5 Å². The Morgan fingerprint density at radius 2 is 1.54 bits per heavy atom. The highest BCUT2D eigenvalue weighted by Crippen LogP contribution is 2.88. The maximum absolute atomic E-state index is 11.8. The molecule has 202 valence electrons. The molecule has 0 heterocycles. The van der Waals surface area contributed by atoms with E-state index < -0.39 is 23.9 Å². The van der Waals surface area contributed by atoms with E-state index in [2.05, 4.69) is 34.6 Å². The van der Waals surface area contributed by atoms with Crippen LogP contribution < -0.4 is 0 Å². The van der Waals surface area contributed by atoms with E-state index in [1.54, 1.807) is 13.8 Å². The number of hydrogen-bond acceptors (Lipinski definition) is 5. The van der Waals surface area contributed by atoms with Crippen molar-refractivity contribution in [2.75, 3.05) is 0 Å². The summed E-state index contributed by atoms with van der Waals surface area (Å²) in [6.07, 6.45) is 6.03. The normalized spacial score (nSPS) is 54.2. The summed E-state index contributed by atoms with van der Waals surface area (Å²) in [7, 11) is 0. The molecule has 5 rings (SSSR count). The van der Waals surface area contributed by atoms with E-state index >= 15 is 0 Å². The molecular weight excluding hydrogens is 440 g/mol. The molecule has 5 fully saturated rings. The molecule has 0 bridgehead atoms. The molecule has 35 heavy (non-hydrogen) atoms. The fourth-order valence-corrected chi connectivity index (χ4v) is 11.3. The highest BCUT2D eigenvalue weighted by molar-refractivity contribution is 5.34. The van der Waals surface area contributed by atoms with Gasteiger partial charge < -0.3 is 25.5 Å². The first-order valence-corrected chi connectivity index (χ1v) is 14.4. The molecule has 0 radical (unpaired) electrons. The lowest BCUT2D eigenvalue weighted by Crippen LogP contribution is -2.64. The van der Waals surface area contributed by atoms with Crippen molar-refractivity contribution in [3.8, 4) is 0 Å². The first-order valence-electron chi connectivity index (χ1n) is 14.4. The second kappa shape index (κ2) is 7.68. The lowest BCUT2D eigenvalue weighted by Gasteiger charge is -2.65. The molecule has 2 spiro atoms. The van der Waals surface area contributed by atoms with Crippen molar-refractivity contribution >= 4 is 0 Å². The van der Waals surface area contributed by atoms with Crippen LogP contribution in [-0.4, -0.2) is 55.5 Å². The molecule has 12 atom stereocenters. The quantitative estimate of drug-likeness (QED) is 0.394. The zero-order valence-corrected chi connectivity index (χ0v) is 23.2. The summed E-state index contributed by atoms with van der Waals surface area (Å²) < 4.78 is 0. The fourth-order valence-electron chi connectivity index (χ4n) is 11.3. The van der Waals surface area contributed by atoms with Crippen LogP contribution in [0.15, 0.2) is 0 Å². The topological polar surface area (TPSA) is 101 Å². The van der Waals surface area contributed by atoms with Crippen molar-refractivity contribution in [2.24, 2.45) is 50.7 Å². The average molecular weight is 493 g/mol. The number of fused-ring (bicyclic) bond motifs is 2. The summed E-state index contributed by atoms with van der Waals surface area (Å²) in [5, 5.41) is 54.8. The molecule has 5 saturated carbocycles. The molecule has 0 aromatic heterocycles. The van der Waals surface area contributed by atoms with Gasteiger partial charge in [-0.3, -0.25) is 0 Å². The second-order valence-corrected chi connectivity index (χ2v) is 15.5. The van der Waals surface area contributed by atoms with Gasteiger partial charge in [0.2, 0.25) is 0 Å². The van der Waals surface area contributed by atoms with Gasteiger partial charge in [0.05, 0.1) is 30.0 Å². The highest BCUT2D eigenvalue weighted by Gasteiger charge is 2.86. The molecule has 0 aromatic carbocycles. The van der Waals surface area contributed by atoms with Crippen LogP contribution in [0.25, 0.3) is 0 Å². The van der Waals surface area contributed by atoms with Crippen LogP contribution in [0.2, 0.25) is 0 Å². The van der Waals surface area contributed by atoms with Crippen LogP contribution in [0.5, 0.6) is 0 Å². The first-order chi connectivity index (χ1) is 16.0. The van der Waals surface area contributed by atoms with Gasteiger partial charge in [0, 0.05) is 11.8 Å². The highest BCUT2D eigenvalue weighted by atomic mass is 16.3. The minimum atomic E-state index is -1.07. The maximum atomic E-state index is 11.8. The van der Waals surface area contributed by atoms with E-state index in [0.717, 1.165) is 38.5 Å². The van der Waals surface area contributed by atoms with Gasteiger partial charge >= 0.3 is 0 Å². The third-order valence-corrected chi connectivity index (χ3v) is 13.6. The average Bonchev–Trinajstić information content (AvgIpc) is 3.34. The van der Waals surface area contributed by atoms with Crippen molar-refractivity contribution in [3.63, 3.8) is 0 Å². The maximum Gasteiger partial charge on any atom is 0.0849 e. The Kier molecular flexibility index (Phi) is 5.80. The third-order valence-electron chi connectivity index (χ3n) is 13.6. The minimum absolute atomic E-state index is 0.00431. The van der Waals surface area contributed by atoms with E-state index in [1.165, 1.54) is 0 Å². The van der Waals surface area contributed by atoms with Crippen molar-refractivity contribution in [1.29, 1.82) is 0 Å². The lowest BCUT2D eigenvalue weighted by atomic mass is 9.40. The Balaban J connectivity index is 1.43. The van der Waals surface area contributed by atoms with Gasteiger partial charge in [-0.2, -0.15) is 0 Å². The Labute approximate surface area is 212 Å². The van der Waals surface area contributed by atoms with Crippen molar-refractivity contribution < 1.29 is 25.5 Å². The Morgan fingerprint density at radius 3 is 2.17 bits per heavy atom. The number of rotatable bonds is 5. The molecular formula is C30H52O5.